The van der Waals surface area contributed by atoms with Crippen molar-refractivity contribution in [1.82, 2.24) is 4.57 Å². The molecule has 2 aliphatic carbocycles. The average Bonchev–Trinajstić information content (AvgIpc) is 3.66. The summed E-state index contributed by atoms with van der Waals surface area (Å²) in [6, 6.07) is 69.8. The molecule has 0 N–H and O–H groups in total. The molecule has 0 fully saturated rings. The summed E-state index contributed by atoms with van der Waals surface area (Å²) in [5, 5.41) is 2.45. The number of allylic oxidation sites excluding steroid dienone is 2. The Labute approximate surface area is 374 Å². The van der Waals surface area contributed by atoms with Crippen LogP contribution in [-0.4, -0.2) is 16.4 Å². The van der Waals surface area contributed by atoms with Crippen LogP contribution in [0.25, 0.3) is 27.5 Å². The maximum Gasteiger partial charge on any atom is 0.193 e. The fourth-order valence-corrected chi connectivity index (χ4v) is 11.2. The lowest BCUT2D eigenvalue weighted by molar-refractivity contribution is 0.102. The Morgan fingerprint density at radius 2 is 1.03 bits per heavy atom. The zero-order valence-electron chi connectivity index (χ0n) is 36.2. The summed E-state index contributed by atoms with van der Waals surface area (Å²) in [5.74, 6) is 0.109. The predicted octanol–water partition coefficient (Wildman–Crippen LogP) is 14.7. The molecule has 2 unspecified atom stereocenters. The van der Waals surface area contributed by atoms with Crippen LogP contribution >= 0.6 is 0 Å². The lowest BCUT2D eigenvalue weighted by Crippen LogP contribution is -2.55. The smallest absolute Gasteiger partial charge is 0.193 e. The molecule has 0 saturated heterocycles. The number of fused-ring (bicyclic) bond motifs is 11. The summed E-state index contributed by atoms with van der Waals surface area (Å²) in [7, 11) is 0. The van der Waals surface area contributed by atoms with Crippen molar-refractivity contribution in [2.45, 2.75) is 37.6 Å². The van der Waals surface area contributed by atoms with Gasteiger partial charge >= 0.3 is 0 Å². The van der Waals surface area contributed by atoms with Crippen LogP contribution < -0.4 is 9.80 Å². The molecule has 12 rings (SSSR count). The van der Waals surface area contributed by atoms with Crippen molar-refractivity contribution in [2.24, 2.45) is 5.92 Å². The first-order valence-electron chi connectivity index (χ1n) is 22.4. The van der Waals surface area contributed by atoms with Gasteiger partial charge in [-0.15, -0.1) is 0 Å². The lowest BCUT2D eigenvalue weighted by atomic mass is 9.53. The van der Waals surface area contributed by atoms with Crippen molar-refractivity contribution >= 4 is 56.0 Å². The van der Waals surface area contributed by atoms with Gasteiger partial charge in [-0.25, -0.2) is 0 Å². The van der Waals surface area contributed by atoms with E-state index in [9.17, 15) is 4.79 Å². The number of rotatable bonds is 5. The molecule has 2 heterocycles. The highest BCUT2D eigenvalue weighted by Crippen LogP contribution is 2.60. The Bertz CT molecular complexity index is 3260. The number of ketones is 1. The molecule has 1 spiro atoms. The van der Waals surface area contributed by atoms with Gasteiger partial charge in [0, 0.05) is 61.9 Å². The third kappa shape index (κ3) is 5.58. The van der Waals surface area contributed by atoms with Crippen LogP contribution in [0.3, 0.4) is 0 Å². The zero-order chi connectivity index (χ0) is 43.2. The van der Waals surface area contributed by atoms with Crippen LogP contribution in [0.2, 0.25) is 0 Å². The number of carbonyl (C=O) groups is 1. The van der Waals surface area contributed by atoms with Gasteiger partial charge in [-0.05, 0) is 113 Å². The molecule has 2 atom stereocenters. The Kier molecular flexibility index (Phi) is 8.58. The number of carbonyl (C=O) groups excluding carboxylic acids is 1. The number of anilines is 5. The van der Waals surface area contributed by atoms with E-state index in [1.165, 1.54) is 27.4 Å². The Morgan fingerprint density at radius 1 is 0.500 bits per heavy atom. The van der Waals surface area contributed by atoms with Crippen molar-refractivity contribution in [2.75, 3.05) is 9.80 Å². The molecule has 1 aromatic heterocycles. The van der Waals surface area contributed by atoms with E-state index in [1.807, 2.05) is 24.3 Å². The second kappa shape index (κ2) is 14.4. The highest BCUT2D eigenvalue weighted by molar-refractivity contribution is 6.14. The molecular weight excluding hydrogens is 779 g/mol. The van der Waals surface area contributed by atoms with Crippen molar-refractivity contribution in [3.05, 3.63) is 252 Å². The normalized spacial score (nSPS) is 17.0. The van der Waals surface area contributed by atoms with Gasteiger partial charge in [-0.1, -0.05) is 154 Å². The first-order valence-corrected chi connectivity index (χ1v) is 22.4. The van der Waals surface area contributed by atoms with E-state index in [-0.39, 0.29) is 23.2 Å². The molecule has 9 aromatic rings. The van der Waals surface area contributed by atoms with E-state index in [2.05, 4.69) is 229 Å². The minimum Gasteiger partial charge on any atom is -0.334 e. The standard InChI is InChI=1S/C60H47N3O/c1-59(2,3)40-30-36-54-48(38-40)49-39-45(61(41-18-6-4-7-19-41)42-20-8-5-9-21-42)35-37-55(49)62(54)43-31-33-44(34-32-43)63-56-28-16-14-26-52(56)60(53-27-15-17-29-57(53)63)50-24-12-10-22-46(50)58(64)47-23-11-13-25-51(47)60/h4-39,52,56H,1-3H3. The van der Waals surface area contributed by atoms with Crippen molar-refractivity contribution < 1.29 is 4.79 Å². The summed E-state index contributed by atoms with van der Waals surface area (Å²) in [6.07, 6.45) is 9.10. The quantitative estimate of drug-likeness (QED) is 0.173. The molecule has 64 heavy (non-hydrogen) atoms. The topological polar surface area (TPSA) is 28.5 Å². The maximum atomic E-state index is 14.2. The molecule has 4 nitrogen and oxygen atoms in total. The van der Waals surface area contributed by atoms with E-state index in [1.54, 1.807) is 0 Å². The largest absolute Gasteiger partial charge is 0.334 e. The number of benzene rings is 8. The molecular formula is C60H47N3O. The third-order valence-corrected chi connectivity index (χ3v) is 14.0. The van der Waals surface area contributed by atoms with Gasteiger partial charge in [0.25, 0.3) is 0 Å². The first-order chi connectivity index (χ1) is 31.3. The second-order valence-corrected chi connectivity index (χ2v) is 18.4. The monoisotopic (exact) mass is 825 g/mol. The second-order valence-electron chi connectivity index (χ2n) is 18.4. The van der Waals surface area contributed by atoms with Gasteiger partial charge in [0.2, 0.25) is 0 Å². The number of aromatic nitrogens is 1. The van der Waals surface area contributed by atoms with Crippen molar-refractivity contribution in [3.8, 4) is 5.69 Å². The summed E-state index contributed by atoms with van der Waals surface area (Å²) < 4.78 is 2.43. The minimum atomic E-state index is -0.565. The first kappa shape index (κ1) is 38.0. The molecule has 3 aliphatic rings. The van der Waals surface area contributed by atoms with Gasteiger partial charge in [0.1, 0.15) is 0 Å². The van der Waals surface area contributed by atoms with Gasteiger partial charge in [0.15, 0.2) is 5.78 Å². The van der Waals surface area contributed by atoms with Crippen LogP contribution in [0.4, 0.5) is 28.4 Å². The zero-order valence-corrected chi connectivity index (χ0v) is 36.2. The molecule has 308 valence electrons. The fourth-order valence-electron chi connectivity index (χ4n) is 11.2. The van der Waals surface area contributed by atoms with Crippen LogP contribution in [0.15, 0.2) is 218 Å². The van der Waals surface area contributed by atoms with Gasteiger partial charge in [0.05, 0.1) is 22.5 Å². The van der Waals surface area contributed by atoms with E-state index in [0.717, 1.165) is 61.9 Å². The Morgan fingerprint density at radius 3 is 1.67 bits per heavy atom. The summed E-state index contributed by atoms with van der Waals surface area (Å²) in [4.78, 5) is 19.0. The van der Waals surface area contributed by atoms with Gasteiger partial charge in [-0.3, -0.25) is 4.79 Å². The van der Waals surface area contributed by atoms with E-state index in [0.29, 0.717) is 0 Å². The molecule has 0 radical (unpaired) electrons. The van der Waals surface area contributed by atoms with Crippen LogP contribution in [-0.2, 0) is 10.8 Å². The number of hydrogen-bond acceptors (Lipinski definition) is 3. The Hall–Kier alpha value is -7.69. The molecule has 0 amide bonds. The maximum absolute atomic E-state index is 14.2. The SMILES string of the molecule is CC(C)(C)c1ccc2c(c1)c1cc(N(c3ccccc3)c3ccccc3)ccc1n2-c1ccc(N2c3ccccc3C3(c4ccccc4C(=O)c4ccccc43)C3C=CC=CC32)cc1. The minimum absolute atomic E-state index is 0.0107. The fraction of sp³-hybridized carbons (Fsp3) is 0.117. The van der Waals surface area contributed by atoms with Crippen molar-refractivity contribution in [1.29, 1.82) is 0 Å². The molecule has 4 heteroatoms. The molecule has 1 aliphatic heterocycles. The highest BCUT2D eigenvalue weighted by Gasteiger charge is 2.56. The summed E-state index contributed by atoms with van der Waals surface area (Å²) in [5.41, 5.74) is 14.7. The van der Waals surface area contributed by atoms with E-state index >= 15 is 0 Å². The number of hydrogen-bond donors (Lipinski definition) is 0. The summed E-state index contributed by atoms with van der Waals surface area (Å²) in [6.45, 7) is 6.87. The molecule has 0 saturated carbocycles. The highest BCUT2D eigenvalue weighted by atomic mass is 16.1. The number of nitrogens with zero attached hydrogens (tertiary/aromatic N) is 3. The molecule has 8 aromatic carbocycles. The van der Waals surface area contributed by atoms with Crippen LogP contribution in [0, 0.1) is 5.92 Å². The lowest BCUT2D eigenvalue weighted by Gasteiger charge is -2.55. The number of para-hydroxylation sites is 3. The summed E-state index contributed by atoms with van der Waals surface area (Å²) >= 11 is 0. The third-order valence-electron chi connectivity index (χ3n) is 14.0. The predicted molar refractivity (Wildman–Crippen MR) is 265 cm³/mol. The van der Waals surface area contributed by atoms with E-state index in [4.69, 9.17) is 0 Å². The van der Waals surface area contributed by atoms with Gasteiger partial charge in [-0.2, -0.15) is 0 Å². The van der Waals surface area contributed by atoms with E-state index < -0.39 is 5.41 Å². The van der Waals surface area contributed by atoms with Gasteiger partial charge < -0.3 is 14.4 Å². The Balaban J connectivity index is 1.02. The van der Waals surface area contributed by atoms with Crippen molar-refractivity contribution in [3.63, 3.8) is 0 Å². The van der Waals surface area contributed by atoms with Crippen LogP contribution in [0.1, 0.15) is 58.9 Å². The molecule has 0 bridgehead atoms. The van der Waals surface area contributed by atoms with Crippen LogP contribution in [0.5, 0.6) is 0 Å². The average molecular weight is 826 g/mol.